The summed E-state index contributed by atoms with van der Waals surface area (Å²) in [6.07, 6.45) is 0. The molecule has 3 nitrogen and oxygen atoms in total. The fourth-order valence-corrected chi connectivity index (χ4v) is 1.53. The number of nitrogens with one attached hydrogen (secondary N) is 2. The Morgan fingerprint density at radius 1 is 1.25 bits per heavy atom. The first-order chi connectivity index (χ1) is 3.81. The Kier molecular flexibility index (Phi) is 5.66. The summed E-state index contributed by atoms with van der Waals surface area (Å²) in [6.45, 7) is 0. The normalized spacial score (nSPS) is 8.25. The molecule has 0 bridgehead atoms. The van der Waals surface area contributed by atoms with Crippen LogP contribution in [0.3, 0.4) is 0 Å². The third-order valence-corrected chi connectivity index (χ3v) is 2.02. The molecule has 5 heteroatoms. The second-order valence-corrected chi connectivity index (χ2v) is 3.51. The number of hydrogen-bond acceptors (Lipinski definition) is 1. The minimum atomic E-state index is -0.0324. The molecule has 2 amide bonds. The topological polar surface area (TPSA) is 41.1 Å². The number of hydrogen-bond donors (Lipinski definition) is 2. The summed E-state index contributed by atoms with van der Waals surface area (Å²) in [5.74, 6) is 3.91. The van der Waals surface area contributed by atoms with Crippen LogP contribution in [0.1, 0.15) is 0 Å². The average molecular weight is 246 g/mol. The predicted molar refractivity (Wildman–Crippen MR) is 34.9 cm³/mol. The molecule has 0 aromatic heterocycles. The van der Waals surface area contributed by atoms with Crippen LogP contribution in [0.4, 0.5) is 4.79 Å². The van der Waals surface area contributed by atoms with Gasteiger partial charge in [0.1, 0.15) is 0 Å². The zero-order chi connectivity index (χ0) is 6.41. The second-order valence-electron chi connectivity index (χ2n) is 0.941. The van der Waals surface area contributed by atoms with Crippen molar-refractivity contribution in [1.29, 1.82) is 0 Å². The number of urea groups is 1. The Bertz CT molecular complexity index is 69.7. The van der Waals surface area contributed by atoms with Crippen molar-refractivity contribution in [2.24, 2.45) is 0 Å². The first-order valence-electron chi connectivity index (χ1n) is 1.93. The van der Waals surface area contributed by atoms with Gasteiger partial charge < -0.3 is 0 Å². The van der Waals surface area contributed by atoms with Gasteiger partial charge in [0.25, 0.3) is 0 Å². The summed E-state index contributed by atoms with van der Waals surface area (Å²) in [6, 6.07) is -0.0324. The van der Waals surface area contributed by atoms with Gasteiger partial charge >= 0.3 is 61.5 Å². The predicted octanol–water partition coefficient (Wildman–Crippen LogP) is -0.380. The standard InChI is InChI=1S/C3H8N2OSe2/c1-7-4-3(6)5-8-2/h1-2H3,(H2,4,5,6). The van der Waals surface area contributed by atoms with Crippen LogP contribution < -0.4 is 8.67 Å². The fraction of sp³-hybridized carbons (Fsp3) is 0.667. The summed E-state index contributed by atoms with van der Waals surface area (Å²) in [5, 5.41) is 0. The van der Waals surface area contributed by atoms with E-state index in [1.54, 1.807) is 0 Å². The third-order valence-electron chi connectivity index (χ3n) is 0.390. The van der Waals surface area contributed by atoms with Gasteiger partial charge in [-0.25, -0.2) is 0 Å². The van der Waals surface area contributed by atoms with Crippen molar-refractivity contribution in [2.45, 2.75) is 11.6 Å². The van der Waals surface area contributed by atoms with E-state index >= 15 is 0 Å². The molecule has 8 heavy (non-hydrogen) atoms. The number of amides is 2. The molecule has 0 heterocycles. The van der Waals surface area contributed by atoms with E-state index in [0.717, 1.165) is 0 Å². The fourth-order valence-electron chi connectivity index (χ4n) is 0.206. The summed E-state index contributed by atoms with van der Waals surface area (Å²) >= 11 is 0.491. The molecule has 0 aliphatic carbocycles. The minimum absolute atomic E-state index is 0.0324. The molecular formula is C3H8N2OSe2. The van der Waals surface area contributed by atoms with Crippen molar-refractivity contribution >= 4 is 36.4 Å². The molecule has 0 aliphatic rings. The Morgan fingerprint density at radius 2 is 1.62 bits per heavy atom. The van der Waals surface area contributed by atoms with Gasteiger partial charge in [0, 0.05) is 0 Å². The van der Waals surface area contributed by atoms with Gasteiger partial charge in [-0.3, -0.25) is 0 Å². The van der Waals surface area contributed by atoms with E-state index < -0.39 is 0 Å². The van der Waals surface area contributed by atoms with Gasteiger partial charge in [-0.15, -0.1) is 0 Å². The van der Waals surface area contributed by atoms with Crippen molar-refractivity contribution in [3.05, 3.63) is 0 Å². The van der Waals surface area contributed by atoms with Crippen LogP contribution in [0, 0.1) is 0 Å². The molecule has 0 aromatic rings. The van der Waals surface area contributed by atoms with E-state index in [2.05, 4.69) is 8.67 Å². The van der Waals surface area contributed by atoms with Gasteiger partial charge in [0.15, 0.2) is 0 Å². The molecule has 0 unspecified atom stereocenters. The van der Waals surface area contributed by atoms with Gasteiger partial charge in [-0.2, -0.15) is 0 Å². The van der Waals surface area contributed by atoms with Gasteiger partial charge in [-0.05, 0) is 0 Å². The Morgan fingerprint density at radius 3 is 1.88 bits per heavy atom. The van der Waals surface area contributed by atoms with Crippen LogP contribution in [0.2, 0.25) is 11.6 Å². The molecule has 0 fully saturated rings. The van der Waals surface area contributed by atoms with Gasteiger partial charge in [0.2, 0.25) is 0 Å². The van der Waals surface area contributed by atoms with Crippen molar-refractivity contribution in [3.63, 3.8) is 0 Å². The van der Waals surface area contributed by atoms with E-state index in [0.29, 0.717) is 0 Å². The quantitative estimate of drug-likeness (QED) is 0.641. The van der Waals surface area contributed by atoms with E-state index in [1.807, 2.05) is 11.6 Å². The van der Waals surface area contributed by atoms with E-state index in [4.69, 9.17) is 0 Å². The summed E-state index contributed by atoms with van der Waals surface area (Å²) in [7, 11) is 0. The number of carbonyl (C=O) groups excluding carboxylic acids is 1. The van der Waals surface area contributed by atoms with Crippen LogP contribution in [-0.2, 0) is 0 Å². The van der Waals surface area contributed by atoms with Crippen LogP contribution in [0.25, 0.3) is 0 Å². The molecule has 0 saturated heterocycles. The van der Waals surface area contributed by atoms with Crippen LogP contribution >= 0.6 is 0 Å². The van der Waals surface area contributed by atoms with Gasteiger partial charge in [-0.1, -0.05) is 0 Å². The molecule has 0 spiro atoms. The molecule has 0 rings (SSSR count). The molecule has 0 radical (unpaired) electrons. The van der Waals surface area contributed by atoms with Crippen molar-refractivity contribution in [2.75, 3.05) is 0 Å². The van der Waals surface area contributed by atoms with Crippen LogP contribution in [-0.4, -0.2) is 36.4 Å². The maximum atomic E-state index is 10.5. The third kappa shape index (κ3) is 4.47. The molecule has 0 saturated carbocycles. The maximum absolute atomic E-state index is 10.5. The zero-order valence-corrected chi connectivity index (χ0v) is 8.15. The van der Waals surface area contributed by atoms with E-state index in [-0.39, 0.29) is 36.4 Å². The van der Waals surface area contributed by atoms with Crippen molar-refractivity contribution in [3.8, 4) is 0 Å². The van der Waals surface area contributed by atoms with Crippen molar-refractivity contribution < 1.29 is 4.79 Å². The van der Waals surface area contributed by atoms with Crippen molar-refractivity contribution in [1.82, 2.24) is 8.67 Å². The number of rotatable bonds is 2. The van der Waals surface area contributed by atoms with Crippen LogP contribution in [0.5, 0.6) is 0 Å². The molecule has 0 aliphatic heterocycles. The first kappa shape index (κ1) is 8.31. The molecule has 0 aromatic carbocycles. The summed E-state index contributed by atoms with van der Waals surface area (Å²) < 4.78 is 5.35. The number of carbonyl (C=O) groups is 1. The summed E-state index contributed by atoms with van der Waals surface area (Å²) in [4.78, 5) is 10.5. The molecule has 48 valence electrons. The zero-order valence-electron chi connectivity index (χ0n) is 4.72. The average Bonchev–Trinajstić information content (AvgIpc) is 1.68. The Hall–Kier alpha value is 0.309. The summed E-state index contributed by atoms with van der Waals surface area (Å²) in [5.41, 5.74) is 0. The molecular weight excluding hydrogens is 238 g/mol. The Labute approximate surface area is 61.7 Å². The molecule has 0 atom stereocenters. The first-order valence-corrected chi connectivity index (χ1v) is 7.07. The van der Waals surface area contributed by atoms with E-state index in [9.17, 15) is 4.79 Å². The van der Waals surface area contributed by atoms with Crippen LogP contribution in [0.15, 0.2) is 0 Å². The monoisotopic (exact) mass is 248 g/mol. The van der Waals surface area contributed by atoms with E-state index in [1.165, 1.54) is 0 Å². The molecule has 2 N–H and O–H groups in total. The Balaban J connectivity index is 3.06. The second kappa shape index (κ2) is 5.45. The van der Waals surface area contributed by atoms with Gasteiger partial charge in [0.05, 0.1) is 0 Å². The SMILES string of the molecule is C[Se]NC(=O)N[Se]C.